The smallest absolute Gasteiger partial charge is 0.407 e. The van der Waals surface area contributed by atoms with Gasteiger partial charge in [0.25, 0.3) is 0 Å². The highest BCUT2D eigenvalue weighted by atomic mass is 16.5. The highest BCUT2D eigenvalue weighted by Crippen LogP contribution is 2.44. The summed E-state index contributed by atoms with van der Waals surface area (Å²) in [7, 11) is 0. The van der Waals surface area contributed by atoms with E-state index in [1.54, 1.807) is 6.92 Å². The van der Waals surface area contributed by atoms with Gasteiger partial charge in [-0.1, -0.05) is 62.4 Å². The standard InChI is InChI=1S/C27H32N2O5/c1-3-18(16-24(30)29-15-9-14-27(29,4-2)25(31)32)28-26(33)34-17-23-21-12-7-5-10-19(21)20-11-6-8-13-22(20)23/h5-8,10-13,18,23H,3-4,9,14-17H2,1-2H3,(H,28,33)(H,31,32). The van der Waals surface area contributed by atoms with Gasteiger partial charge >= 0.3 is 12.1 Å². The van der Waals surface area contributed by atoms with E-state index in [1.807, 2.05) is 31.2 Å². The molecule has 2 amide bonds. The van der Waals surface area contributed by atoms with E-state index in [9.17, 15) is 19.5 Å². The van der Waals surface area contributed by atoms with E-state index in [-0.39, 0.29) is 24.9 Å². The summed E-state index contributed by atoms with van der Waals surface area (Å²) >= 11 is 0. The fourth-order valence-corrected chi connectivity index (χ4v) is 5.41. The van der Waals surface area contributed by atoms with Gasteiger partial charge in [-0.25, -0.2) is 9.59 Å². The van der Waals surface area contributed by atoms with Crippen molar-refractivity contribution < 1.29 is 24.2 Å². The number of ether oxygens (including phenoxy) is 1. The van der Waals surface area contributed by atoms with Crippen LogP contribution in [0.25, 0.3) is 11.1 Å². The van der Waals surface area contributed by atoms with Crippen molar-refractivity contribution in [1.82, 2.24) is 10.2 Å². The molecule has 1 aliphatic heterocycles. The van der Waals surface area contributed by atoms with Crippen molar-refractivity contribution in [2.75, 3.05) is 13.2 Å². The van der Waals surface area contributed by atoms with E-state index >= 15 is 0 Å². The quantitative estimate of drug-likeness (QED) is 0.598. The number of rotatable bonds is 8. The molecule has 2 aromatic rings. The fraction of sp³-hybridized carbons (Fsp3) is 0.444. The number of carbonyl (C=O) groups is 3. The summed E-state index contributed by atoms with van der Waals surface area (Å²) < 4.78 is 5.61. The number of fused-ring (bicyclic) bond motifs is 3. The Bertz CT molecular complexity index is 1040. The molecule has 4 rings (SSSR count). The Labute approximate surface area is 200 Å². The largest absolute Gasteiger partial charge is 0.479 e. The van der Waals surface area contributed by atoms with Crippen molar-refractivity contribution in [2.24, 2.45) is 0 Å². The summed E-state index contributed by atoms with van der Waals surface area (Å²) in [4.78, 5) is 39.0. The summed E-state index contributed by atoms with van der Waals surface area (Å²) in [5, 5.41) is 12.6. The van der Waals surface area contributed by atoms with Gasteiger partial charge in [0, 0.05) is 24.9 Å². The number of benzene rings is 2. The first kappa shape index (κ1) is 23.8. The van der Waals surface area contributed by atoms with E-state index in [1.165, 1.54) is 4.90 Å². The van der Waals surface area contributed by atoms with Gasteiger partial charge in [0.2, 0.25) is 5.91 Å². The minimum atomic E-state index is -1.14. The maximum absolute atomic E-state index is 13.0. The molecule has 34 heavy (non-hydrogen) atoms. The lowest BCUT2D eigenvalue weighted by Gasteiger charge is -2.34. The predicted octanol–water partition coefficient (Wildman–Crippen LogP) is 4.55. The van der Waals surface area contributed by atoms with Crippen LogP contribution in [0.3, 0.4) is 0 Å². The Morgan fingerprint density at radius 3 is 2.26 bits per heavy atom. The Morgan fingerprint density at radius 1 is 1.09 bits per heavy atom. The zero-order valence-corrected chi connectivity index (χ0v) is 19.8. The molecule has 1 heterocycles. The van der Waals surface area contributed by atoms with Crippen molar-refractivity contribution in [1.29, 1.82) is 0 Å². The normalized spacial score (nSPS) is 19.9. The SMILES string of the molecule is CCC(CC(=O)N1CCCC1(CC)C(=O)O)NC(=O)OCC1c2ccccc2-c2ccccc21. The molecule has 180 valence electrons. The number of likely N-dealkylation sites (tertiary alicyclic amines) is 1. The number of hydrogen-bond acceptors (Lipinski definition) is 4. The molecule has 2 aromatic carbocycles. The van der Waals surface area contributed by atoms with Crippen molar-refractivity contribution in [2.45, 2.75) is 63.5 Å². The highest BCUT2D eigenvalue weighted by Gasteiger charge is 2.48. The van der Waals surface area contributed by atoms with Crippen LogP contribution < -0.4 is 5.32 Å². The average molecular weight is 465 g/mol. The number of nitrogens with one attached hydrogen (secondary N) is 1. The molecule has 2 aliphatic rings. The monoisotopic (exact) mass is 464 g/mol. The van der Waals surface area contributed by atoms with Crippen LogP contribution in [0.5, 0.6) is 0 Å². The second-order valence-electron chi connectivity index (χ2n) is 9.12. The van der Waals surface area contributed by atoms with E-state index < -0.39 is 23.6 Å². The minimum absolute atomic E-state index is 0.0369. The number of nitrogens with zero attached hydrogens (tertiary/aromatic N) is 1. The summed E-state index contributed by atoms with van der Waals surface area (Å²) in [6.07, 6.45) is 1.52. The Balaban J connectivity index is 1.37. The third-order valence-electron chi connectivity index (χ3n) is 7.35. The molecule has 0 spiro atoms. The van der Waals surface area contributed by atoms with Crippen molar-refractivity contribution in [3.8, 4) is 11.1 Å². The first-order valence-electron chi connectivity index (χ1n) is 12.1. The van der Waals surface area contributed by atoms with Gasteiger partial charge in [-0.3, -0.25) is 4.79 Å². The van der Waals surface area contributed by atoms with E-state index in [4.69, 9.17) is 4.74 Å². The van der Waals surface area contributed by atoms with Crippen LogP contribution in [-0.4, -0.2) is 52.7 Å². The van der Waals surface area contributed by atoms with Crippen LogP contribution in [0.1, 0.15) is 63.0 Å². The molecular formula is C27H32N2O5. The molecule has 0 saturated carbocycles. The van der Waals surface area contributed by atoms with Crippen molar-refractivity contribution >= 4 is 18.0 Å². The topological polar surface area (TPSA) is 95.9 Å². The number of alkyl carbamates (subject to hydrolysis) is 1. The lowest BCUT2D eigenvalue weighted by atomic mass is 9.92. The van der Waals surface area contributed by atoms with Crippen LogP contribution in [0.2, 0.25) is 0 Å². The van der Waals surface area contributed by atoms with Crippen LogP contribution in [0.15, 0.2) is 48.5 Å². The zero-order valence-electron chi connectivity index (χ0n) is 19.8. The summed E-state index contributed by atoms with van der Waals surface area (Å²) in [5.41, 5.74) is 3.45. The second kappa shape index (κ2) is 9.87. The summed E-state index contributed by atoms with van der Waals surface area (Å²) in [5.74, 6) is -1.24. The molecule has 1 saturated heterocycles. The number of carboxylic acids is 1. The van der Waals surface area contributed by atoms with Crippen LogP contribution in [-0.2, 0) is 14.3 Å². The molecule has 1 aliphatic carbocycles. The molecule has 7 nitrogen and oxygen atoms in total. The first-order valence-corrected chi connectivity index (χ1v) is 12.1. The third kappa shape index (κ3) is 4.27. The predicted molar refractivity (Wildman–Crippen MR) is 129 cm³/mol. The van der Waals surface area contributed by atoms with Gasteiger partial charge in [0.05, 0.1) is 0 Å². The van der Waals surface area contributed by atoms with E-state index in [0.717, 1.165) is 22.3 Å². The highest BCUT2D eigenvalue weighted by molar-refractivity contribution is 5.88. The van der Waals surface area contributed by atoms with Crippen LogP contribution in [0.4, 0.5) is 4.79 Å². The molecule has 0 bridgehead atoms. The van der Waals surface area contributed by atoms with Gasteiger partial charge in [-0.2, -0.15) is 0 Å². The fourth-order valence-electron chi connectivity index (χ4n) is 5.41. The number of carboxylic acid groups (broad SMARTS) is 1. The molecular weight excluding hydrogens is 432 g/mol. The van der Waals surface area contributed by atoms with E-state index in [0.29, 0.717) is 32.2 Å². The molecule has 2 N–H and O–H groups in total. The third-order valence-corrected chi connectivity index (χ3v) is 7.35. The number of carbonyl (C=O) groups excluding carboxylic acids is 2. The first-order chi connectivity index (χ1) is 16.4. The molecule has 0 radical (unpaired) electrons. The van der Waals surface area contributed by atoms with Gasteiger partial charge < -0.3 is 20.1 Å². The molecule has 0 aromatic heterocycles. The number of amides is 2. The lowest BCUT2D eigenvalue weighted by Crippen LogP contribution is -2.54. The van der Waals surface area contributed by atoms with Crippen molar-refractivity contribution in [3.63, 3.8) is 0 Å². The zero-order chi connectivity index (χ0) is 24.3. The van der Waals surface area contributed by atoms with Crippen LogP contribution >= 0.6 is 0 Å². The molecule has 2 atom stereocenters. The minimum Gasteiger partial charge on any atom is -0.479 e. The number of aliphatic carboxylic acids is 1. The van der Waals surface area contributed by atoms with Gasteiger partial charge in [-0.05, 0) is 47.9 Å². The summed E-state index contributed by atoms with van der Waals surface area (Å²) in [6.45, 7) is 4.32. The Hall–Kier alpha value is -3.35. The Morgan fingerprint density at radius 2 is 1.71 bits per heavy atom. The van der Waals surface area contributed by atoms with Crippen LogP contribution in [0, 0.1) is 0 Å². The van der Waals surface area contributed by atoms with Crippen molar-refractivity contribution in [3.05, 3.63) is 59.7 Å². The lowest BCUT2D eigenvalue weighted by molar-refractivity contribution is -0.157. The Kier molecular flexibility index (Phi) is 6.91. The molecule has 1 fully saturated rings. The van der Waals surface area contributed by atoms with Gasteiger partial charge in [0.1, 0.15) is 12.1 Å². The van der Waals surface area contributed by atoms with Gasteiger partial charge in [-0.15, -0.1) is 0 Å². The number of hydrogen-bond donors (Lipinski definition) is 2. The summed E-state index contributed by atoms with van der Waals surface area (Å²) in [6, 6.07) is 15.9. The van der Waals surface area contributed by atoms with Gasteiger partial charge in [0.15, 0.2) is 0 Å². The average Bonchev–Trinajstić information content (AvgIpc) is 3.43. The van der Waals surface area contributed by atoms with E-state index in [2.05, 4.69) is 29.6 Å². The maximum Gasteiger partial charge on any atom is 0.407 e. The second-order valence-corrected chi connectivity index (χ2v) is 9.12. The molecule has 7 heteroatoms. The maximum atomic E-state index is 13.0. The molecule has 2 unspecified atom stereocenters.